The first kappa shape index (κ1) is 19.5. The van der Waals surface area contributed by atoms with Crippen LogP contribution in [0, 0.1) is 5.82 Å². The molecule has 24 heavy (non-hydrogen) atoms. The molecular formula is C17H23ClF4N2. The molecule has 1 fully saturated rings. The molecule has 0 amide bonds. The zero-order chi connectivity index (χ0) is 18.0. The minimum absolute atomic E-state index is 0.0500. The van der Waals surface area contributed by atoms with Gasteiger partial charge in [0.25, 0.3) is 0 Å². The highest BCUT2D eigenvalue weighted by Gasteiger charge is 2.47. The fourth-order valence-electron chi connectivity index (χ4n) is 3.11. The van der Waals surface area contributed by atoms with E-state index in [1.807, 2.05) is 0 Å². The van der Waals surface area contributed by atoms with Crippen LogP contribution in [-0.2, 0) is 5.41 Å². The largest absolute Gasteiger partial charge is 0.406 e. The van der Waals surface area contributed by atoms with Gasteiger partial charge in [0.2, 0.25) is 0 Å². The van der Waals surface area contributed by atoms with Crippen LogP contribution in [0.3, 0.4) is 0 Å². The Morgan fingerprint density at radius 3 is 2.54 bits per heavy atom. The average Bonchev–Trinajstić information content (AvgIpc) is 2.49. The van der Waals surface area contributed by atoms with Crippen LogP contribution in [-0.4, -0.2) is 31.3 Å². The monoisotopic (exact) mass is 366 g/mol. The van der Waals surface area contributed by atoms with E-state index >= 15 is 0 Å². The number of benzene rings is 1. The summed E-state index contributed by atoms with van der Waals surface area (Å²) in [5, 5.41) is 5.92. The fourth-order valence-corrected chi connectivity index (χ4v) is 3.23. The summed E-state index contributed by atoms with van der Waals surface area (Å²) in [6.07, 6.45) is -2.14. The van der Waals surface area contributed by atoms with Crippen molar-refractivity contribution in [1.82, 2.24) is 10.6 Å². The van der Waals surface area contributed by atoms with E-state index in [0.29, 0.717) is 13.0 Å². The molecule has 2 rings (SSSR count). The van der Waals surface area contributed by atoms with E-state index in [2.05, 4.69) is 10.6 Å². The summed E-state index contributed by atoms with van der Waals surface area (Å²) in [7, 11) is 0. The number of hydrogen-bond acceptors (Lipinski definition) is 2. The second kappa shape index (κ2) is 7.18. The number of hydrogen-bond donors (Lipinski definition) is 2. The van der Waals surface area contributed by atoms with Gasteiger partial charge < -0.3 is 10.6 Å². The molecule has 1 atom stereocenters. The van der Waals surface area contributed by atoms with Gasteiger partial charge in [0.05, 0.1) is 5.02 Å². The number of rotatable bonds is 5. The molecule has 1 aliphatic rings. The highest BCUT2D eigenvalue weighted by Crippen LogP contribution is 2.36. The Balaban J connectivity index is 2.15. The minimum atomic E-state index is -4.32. The minimum Gasteiger partial charge on any atom is -0.316 e. The van der Waals surface area contributed by atoms with Crippen molar-refractivity contribution in [3.05, 3.63) is 34.6 Å². The van der Waals surface area contributed by atoms with Crippen molar-refractivity contribution in [1.29, 1.82) is 0 Å². The Bertz CT molecular complexity index is 566. The third-order valence-corrected chi connectivity index (χ3v) is 5.19. The molecule has 1 aromatic rings. The smallest absolute Gasteiger partial charge is 0.316 e. The zero-order valence-corrected chi connectivity index (χ0v) is 14.6. The maximum atomic E-state index is 13.9. The molecule has 0 saturated carbocycles. The van der Waals surface area contributed by atoms with Crippen molar-refractivity contribution in [2.24, 2.45) is 0 Å². The van der Waals surface area contributed by atoms with Gasteiger partial charge in [0, 0.05) is 12.0 Å². The molecule has 0 radical (unpaired) electrons. The van der Waals surface area contributed by atoms with Gasteiger partial charge in [-0.05, 0) is 63.9 Å². The number of halogens is 5. The van der Waals surface area contributed by atoms with Crippen molar-refractivity contribution in [2.75, 3.05) is 19.6 Å². The summed E-state index contributed by atoms with van der Waals surface area (Å²) in [6.45, 7) is 3.92. The maximum absolute atomic E-state index is 13.9. The fraction of sp³-hybridized carbons (Fsp3) is 0.647. The Labute approximate surface area is 145 Å². The quantitative estimate of drug-likeness (QED) is 0.754. The van der Waals surface area contributed by atoms with Crippen LogP contribution in [0.25, 0.3) is 0 Å². The van der Waals surface area contributed by atoms with Crippen molar-refractivity contribution in [3.63, 3.8) is 0 Å². The van der Waals surface area contributed by atoms with Crippen LogP contribution in [0.1, 0.15) is 38.7 Å². The summed E-state index contributed by atoms with van der Waals surface area (Å²) in [5.41, 5.74) is -1.57. The predicted molar refractivity (Wildman–Crippen MR) is 87.9 cm³/mol. The lowest BCUT2D eigenvalue weighted by molar-refractivity contribution is -0.186. The van der Waals surface area contributed by atoms with Crippen LogP contribution in [0.2, 0.25) is 5.02 Å². The Morgan fingerprint density at radius 2 is 2.00 bits per heavy atom. The van der Waals surface area contributed by atoms with Crippen LogP contribution in [0.5, 0.6) is 0 Å². The average molecular weight is 367 g/mol. The molecule has 1 saturated heterocycles. The van der Waals surface area contributed by atoms with Gasteiger partial charge in [-0.2, -0.15) is 13.2 Å². The predicted octanol–water partition coefficient (Wildman–Crippen LogP) is 4.42. The molecule has 136 valence electrons. The highest BCUT2D eigenvalue weighted by molar-refractivity contribution is 6.30. The molecule has 0 unspecified atom stereocenters. The van der Waals surface area contributed by atoms with E-state index in [-0.39, 0.29) is 11.6 Å². The van der Waals surface area contributed by atoms with Gasteiger partial charge in [0.15, 0.2) is 0 Å². The third kappa shape index (κ3) is 4.21. The molecule has 0 aromatic heterocycles. The van der Waals surface area contributed by atoms with Gasteiger partial charge in [-0.15, -0.1) is 0 Å². The SMILES string of the molecule is CC(C)(NCC[C@]1(c2ccc(Cl)c(F)c2)CCCNC1)C(F)(F)F. The van der Waals surface area contributed by atoms with Crippen molar-refractivity contribution >= 4 is 11.6 Å². The van der Waals surface area contributed by atoms with Crippen molar-refractivity contribution in [3.8, 4) is 0 Å². The third-order valence-electron chi connectivity index (χ3n) is 4.88. The Morgan fingerprint density at radius 1 is 1.29 bits per heavy atom. The second-order valence-corrected chi connectivity index (χ2v) is 7.40. The second-order valence-electron chi connectivity index (χ2n) is 6.99. The summed E-state index contributed by atoms with van der Waals surface area (Å²) >= 11 is 5.75. The van der Waals surface area contributed by atoms with Crippen LogP contribution < -0.4 is 10.6 Å². The summed E-state index contributed by atoms with van der Waals surface area (Å²) in [4.78, 5) is 0. The van der Waals surface area contributed by atoms with E-state index in [0.717, 1.165) is 38.8 Å². The van der Waals surface area contributed by atoms with E-state index in [1.165, 1.54) is 12.1 Å². The standard InChI is InChI=1S/C17H23ClF4N2/c1-15(2,17(20,21)22)24-9-7-16(6-3-8-23-11-16)12-4-5-13(18)14(19)10-12/h4-5,10,23-24H,3,6-9,11H2,1-2H3/t16-/m1/s1. The first-order valence-electron chi connectivity index (χ1n) is 8.05. The molecule has 7 heteroatoms. The summed E-state index contributed by atoms with van der Waals surface area (Å²) < 4.78 is 52.8. The number of nitrogens with one attached hydrogen (secondary N) is 2. The molecule has 2 N–H and O–H groups in total. The lowest BCUT2D eigenvalue weighted by Gasteiger charge is -2.40. The summed E-state index contributed by atoms with van der Waals surface area (Å²) in [6, 6.07) is 4.69. The van der Waals surface area contributed by atoms with E-state index in [4.69, 9.17) is 11.6 Å². The number of alkyl halides is 3. The topological polar surface area (TPSA) is 24.1 Å². The van der Waals surface area contributed by atoms with Crippen LogP contribution in [0.4, 0.5) is 17.6 Å². The van der Waals surface area contributed by atoms with E-state index in [1.54, 1.807) is 6.07 Å². The first-order valence-corrected chi connectivity index (χ1v) is 8.43. The normalized spacial score (nSPS) is 22.6. The van der Waals surface area contributed by atoms with Gasteiger partial charge in [-0.1, -0.05) is 17.7 Å². The van der Waals surface area contributed by atoms with Gasteiger partial charge in [0.1, 0.15) is 11.4 Å². The Kier molecular flexibility index (Phi) is 5.83. The molecule has 0 spiro atoms. The molecule has 1 aliphatic heterocycles. The Hall–Kier alpha value is -0.850. The van der Waals surface area contributed by atoms with Crippen LogP contribution in [0.15, 0.2) is 18.2 Å². The zero-order valence-electron chi connectivity index (χ0n) is 13.9. The lowest BCUT2D eigenvalue weighted by Crippen LogP contribution is -2.54. The van der Waals surface area contributed by atoms with Crippen molar-refractivity contribution in [2.45, 2.75) is 50.2 Å². The molecule has 1 heterocycles. The first-order chi connectivity index (χ1) is 11.1. The van der Waals surface area contributed by atoms with Gasteiger partial charge in [-0.25, -0.2) is 4.39 Å². The molecular weight excluding hydrogens is 344 g/mol. The van der Waals surface area contributed by atoms with E-state index < -0.39 is 22.9 Å². The molecule has 1 aromatic carbocycles. The van der Waals surface area contributed by atoms with Gasteiger partial charge >= 0.3 is 6.18 Å². The molecule has 2 nitrogen and oxygen atoms in total. The molecule has 0 bridgehead atoms. The maximum Gasteiger partial charge on any atom is 0.406 e. The van der Waals surface area contributed by atoms with Gasteiger partial charge in [-0.3, -0.25) is 0 Å². The summed E-state index contributed by atoms with van der Waals surface area (Å²) in [5.74, 6) is -0.498. The number of piperidine rings is 1. The molecule has 0 aliphatic carbocycles. The van der Waals surface area contributed by atoms with E-state index in [9.17, 15) is 17.6 Å². The van der Waals surface area contributed by atoms with Crippen LogP contribution >= 0.6 is 11.6 Å². The lowest BCUT2D eigenvalue weighted by atomic mass is 9.72. The van der Waals surface area contributed by atoms with Crippen molar-refractivity contribution < 1.29 is 17.6 Å². The highest BCUT2D eigenvalue weighted by atomic mass is 35.5.